The average molecular weight is 639 g/mol. The molecule has 3 nitrogen and oxygen atoms in total. The van der Waals surface area contributed by atoms with Crippen LogP contribution in [-0.2, 0) is 35.9 Å². The Morgan fingerprint density at radius 2 is 1.22 bits per heavy atom. The van der Waals surface area contributed by atoms with Gasteiger partial charge in [0.25, 0.3) is 0 Å². The van der Waals surface area contributed by atoms with Crippen molar-refractivity contribution < 1.29 is 15.0 Å². The van der Waals surface area contributed by atoms with Crippen molar-refractivity contribution in [3.05, 3.63) is 196 Å². The number of allylic oxidation sites excluding steroid dienone is 1. The number of ketones is 1. The number of phenolic OH excluding ortho intramolecular Hbond substituents is 1. The number of rotatable bonds is 8. The summed E-state index contributed by atoms with van der Waals surface area (Å²) in [5.41, 5.74) is 8.87. The van der Waals surface area contributed by atoms with E-state index in [9.17, 15) is 15.0 Å². The molecule has 0 bridgehead atoms. The average Bonchev–Trinajstić information content (AvgIpc) is 3.14. The second-order valence-corrected chi connectivity index (χ2v) is 13.5. The van der Waals surface area contributed by atoms with Gasteiger partial charge in [-0.2, -0.15) is 0 Å². The maximum absolute atomic E-state index is 14.5. The van der Waals surface area contributed by atoms with E-state index in [4.69, 9.17) is 0 Å². The monoisotopic (exact) mass is 638 g/mol. The van der Waals surface area contributed by atoms with E-state index < -0.39 is 11.5 Å². The maximum atomic E-state index is 14.5. The number of carbonyl (C=O) groups is 1. The van der Waals surface area contributed by atoms with Gasteiger partial charge in [-0.25, -0.2) is 0 Å². The van der Waals surface area contributed by atoms with Crippen LogP contribution in [0.2, 0.25) is 0 Å². The minimum Gasteiger partial charge on any atom is -0.508 e. The van der Waals surface area contributed by atoms with Crippen molar-refractivity contribution in [3.63, 3.8) is 0 Å². The predicted octanol–water partition coefficient (Wildman–Crippen LogP) is 9.17. The van der Waals surface area contributed by atoms with Gasteiger partial charge in [0.1, 0.15) is 5.75 Å². The smallest absolute Gasteiger partial charge is 0.166 e. The Kier molecular flexibility index (Phi) is 8.07. The Labute approximate surface area is 287 Å². The minimum absolute atomic E-state index is 0.0818. The van der Waals surface area contributed by atoms with Crippen LogP contribution in [0.1, 0.15) is 56.0 Å². The number of fused-ring (bicyclic) bond motifs is 3. The van der Waals surface area contributed by atoms with E-state index in [1.54, 1.807) is 12.1 Å². The highest BCUT2D eigenvalue weighted by Crippen LogP contribution is 2.42. The lowest BCUT2D eigenvalue weighted by atomic mass is 9.64. The highest BCUT2D eigenvalue weighted by molar-refractivity contribution is 6.05. The highest BCUT2D eigenvalue weighted by Gasteiger charge is 2.43. The Bertz CT molecular complexity index is 2260. The van der Waals surface area contributed by atoms with E-state index in [0.29, 0.717) is 25.7 Å². The molecule has 8 rings (SSSR count). The van der Waals surface area contributed by atoms with Crippen LogP contribution in [0.25, 0.3) is 22.9 Å². The molecular weight excluding hydrogens is 601 g/mol. The molecule has 3 atom stereocenters. The largest absolute Gasteiger partial charge is 0.508 e. The molecule has 3 heteroatoms. The second kappa shape index (κ2) is 12.8. The van der Waals surface area contributed by atoms with E-state index in [1.165, 1.54) is 0 Å². The second-order valence-electron chi connectivity index (χ2n) is 13.5. The van der Waals surface area contributed by atoms with E-state index in [0.717, 1.165) is 60.8 Å². The van der Waals surface area contributed by atoms with Crippen LogP contribution in [-0.4, -0.2) is 22.1 Å². The van der Waals surface area contributed by atoms with Crippen LogP contribution in [0.5, 0.6) is 5.75 Å². The molecule has 0 saturated heterocycles. The number of hydrogen-bond donors (Lipinski definition) is 2. The van der Waals surface area contributed by atoms with Gasteiger partial charge in [-0.1, -0.05) is 146 Å². The molecule has 2 N–H and O–H groups in total. The first-order valence-corrected chi connectivity index (χ1v) is 17.1. The van der Waals surface area contributed by atoms with Crippen LogP contribution < -0.4 is 0 Å². The maximum Gasteiger partial charge on any atom is 0.166 e. The first-order valence-electron chi connectivity index (χ1n) is 17.1. The number of phenols is 1. The van der Waals surface area contributed by atoms with Gasteiger partial charge in [0.2, 0.25) is 0 Å². The molecule has 0 aliphatic heterocycles. The van der Waals surface area contributed by atoms with Crippen LogP contribution in [0.15, 0.2) is 146 Å². The van der Waals surface area contributed by atoms with Crippen molar-refractivity contribution in [3.8, 4) is 5.75 Å². The molecule has 0 amide bonds. The van der Waals surface area contributed by atoms with Crippen molar-refractivity contribution >= 4 is 28.7 Å². The number of hydrogen-bond acceptors (Lipinski definition) is 3. The molecule has 0 heterocycles. The van der Waals surface area contributed by atoms with Crippen LogP contribution in [0.3, 0.4) is 0 Å². The Morgan fingerprint density at radius 1 is 0.592 bits per heavy atom. The minimum atomic E-state index is -0.846. The first kappa shape index (κ1) is 30.8. The third-order valence-electron chi connectivity index (χ3n) is 10.7. The van der Waals surface area contributed by atoms with Gasteiger partial charge in [0.15, 0.2) is 5.78 Å². The molecular formula is C46H38O3. The lowest BCUT2D eigenvalue weighted by Gasteiger charge is -2.37. The molecule has 6 aromatic carbocycles. The summed E-state index contributed by atoms with van der Waals surface area (Å²) >= 11 is 0. The zero-order valence-electron chi connectivity index (χ0n) is 27.3. The molecule has 0 radical (unpaired) electrons. The molecule has 240 valence electrons. The summed E-state index contributed by atoms with van der Waals surface area (Å²) in [5, 5.41) is 24.4. The van der Waals surface area contributed by atoms with E-state index >= 15 is 0 Å². The normalized spacial score (nSPS) is 19.5. The molecule has 2 aliphatic carbocycles. The Hall–Kier alpha value is -5.51. The van der Waals surface area contributed by atoms with Gasteiger partial charge in [-0.15, -0.1) is 0 Å². The summed E-state index contributed by atoms with van der Waals surface area (Å²) in [4.78, 5) is 14.5. The lowest BCUT2D eigenvalue weighted by molar-refractivity contribution is -0.120. The fourth-order valence-electron chi connectivity index (χ4n) is 8.13. The van der Waals surface area contributed by atoms with Crippen molar-refractivity contribution in [1.29, 1.82) is 0 Å². The summed E-state index contributed by atoms with van der Waals surface area (Å²) in [6.07, 6.45) is 9.28. The Balaban J connectivity index is 1.21. The first-order chi connectivity index (χ1) is 24.0. The van der Waals surface area contributed by atoms with Gasteiger partial charge in [-0.05, 0) is 86.7 Å². The molecule has 0 spiro atoms. The van der Waals surface area contributed by atoms with E-state index in [2.05, 4.69) is 72.8 Å². The predicted molar refractivity (Wildman–Crippen MR) is 199 cm³/mol. The SMILES string of the molecule is O=C1C=Cc2ccccc2C1(Cc1ccccc1Cc1c(O)ccc2ccccc12)Cc1ccccc1CC1c2ccccc2C=CC1O. The standard InChI is InChI=1S/C46H38O3/c47-43-24-21-31-11-5-8-18-38(31)40(43)27-34-14-1-3-16-36(34)29-46(42-20-10-7-13-33(42)23-26-45(46)49)30-37-17-4-2-15-35(37)28-41-39-19-9-6-12-32(39)22-25-44(41)48/h1-26,40,43,47-48H,27-30H2. The summed E-state index contributed by atoms with van der Waals surface area (Å²) in [7, 11) is 0. The van der Waals surface area contributed by atoms with Crippen molar-refractivity contribution in [1.82, 2.24) is 0 Å². The fraction of sp³-hybridized carbons (Fsp3) is 0.152. The van der Waals surface area contributed by atoms with Gasteiger partial charge < -0.3 is 10.2 Å². The highest BCUT2D eigenvalue weighted by atomic mass is 16.3. The van der Waals surface area contributed by atoms with E-state index in [1.807, 2.05) is 72.8 Å². The molecule has 2 aliphatic rings. The summed E-state index contributed by atoms with van der Waals surface area (Å²) < 4.78 is 0. The third kappa shape index (κ3) is 5.71. The summed E-state index contributed by atoms with van der Waals surface area (Å²) in [6, 6.07) is 45.3. The third-order valence-corrected chi connectivity index (χ3v) is 10.7. The Morgan fingerprint density at radius 3 is 2.04 bits per heavy atom. The molecule has 3 unspecified atom stereocenters. The fourth-order valence-corrected chi connectivity index (χ4v) is 8.13. The van der Waals surface area contributed by atoms with Crippen molar-refractivity contribution in [2.24, 2.45) is 0 Å². The molecule has 0 saturated carbocycles. The number of benzene rings is 6. The molecule has 6 aromatic rings. The lowest BCUT2D eigenvalue weighted by Crippen LogP contribution is -2.42. The number of aromatic hydroxyl groups is 1. The zero-order chi connectivity index (χ0) is 33.4. The van der Waals surface area contributed by atoms with Gasteiger partial charge >= 0.3 is 0 Å². The summed E-state index contributed by atoms with van der Waals surface area (Å²) in [5.74, 6) is 0.289. The molecule has 0 aromatic heterocycles. The molecule has 49 heavy (non-hydrogen) atoms. The quantitative estimate of drug-likeness (QED) is 0.175. The summed E-state index contributed by atoms with van der Waals surface area (Å²) in [6.45, 7) is 0. The van der Waals surface area contributed by atoms with Crippen LogP contribution >= 0.6 is 0 Å². The van der Waals surface area contributed by atoms with Crippen LogP contribution in [0.4, 0.5) is 0 Å². The number of aliphatic hydroxyl groups excluding tert-OH is 1. The van der Waals surface area contributed by atoms with Crippen molar-refractivity contribution in [2.45, 2.75) is 43.1 Å². The van der Waals surface area contributed by atoms with Gasteiger partial charge in [0.05, 0.1) is 11.5 Å². The van der Waals surface area contributed by atoms with Gasteiger partial charge in [-0.3, -0.25) is 4.79 Å². The molecule has 0 fully saturated rings. The number of aliphatic hydroxyl groups is 1. The topological polar surface area (TPSA) is 57.5 Å². The van der Waals surface area contributed by atoms with Crippen LogP contribution in [0, 0.1) is 0 Å². The van der Waals surface area contributed by atoms with Crippen molar-refractivity contribution in [2.75, 3.05) is 0 Å². The zero-order valence-corrected chi connectivity index (χ0v) is 27.3. The number of carbonyl (C=O) groups excluding carboxylic acids is 1. The van der Waals surface area contributed by atoms with E-state index in [-0.39, 0.29) is 17.5 Å². The van der Waals surface area contributed by atoms with Gasteiger partial charge in [0, 0.05) is 17.9 Å².